The molecule has 3 aromatic rings. The van der Waals surface area contributed by atoms with Gasteiger partial charge in [0.25, 0.3) is 5.56 Å². The van der Waals surface area contributed by atoms with Crippen molar-refractivity contribution in [3.8, 4) is 11.3 Å². The van der Waals surface area contributed by atoms with Crippen LogP contribution in [0, 0.1) is 0 Å². The Kier molecular flexibility index (Phi) is 6.63. The molecular formula is C25H29N5O2. The molecule has 2 aromatic heterocycles. The van der Waals surface area contributed by atoms with E-state index in [0.717, 1.165) is 30.5 Å². The lowest BCUT2D eigenvalue weighted by atomic mass is 10.1. The van der Waals surface area contributed by atoms with Gasteiger partial charge in [0.05, 0.1) is 12.1 Å². The fourth-order valence-electron chi connectivity index (χ4n) is 4.31. The van der Waals surface area contributed by atoms with E-state index in [1.165, 1.54) is 0 Å². The first-order valence-corrected chi connectivity index (χ1v) is 11.1. The zero-order valence-corrected chi connectivity index (χ0v) is 18.6. The second kappa shape index (κ2) is 9.77. The number of likely N-dealkylation sites (tertiary alicyclic amines) is 1. The van der Waals surface area contributed by atoms with Crippen LogP contribution in [0.2, 0.25) is 0 Å². The van der Waals surface area contributed by atoms with Gasteiger partial charge in [0.15, 0.2) is 0 Å². The Hall–Kier alpha value is -3.48. The molecule has 1 aromatic carbocycles. The quantitative estimate of drug-likeness (QED) is 0.575. The van der Waals surface area contributed by atoms with Crippen molar-refractivity contribution >= 4 is 11.9 Å². The minimum absolute atomic E-state index is 0.104. The zero-order chi connectivity index (χ0) is 22.5. The molecule has 1 aliphatic rings. The highest BCUT2D eigenvalue weighted by Gasteiger charge is 2.30. The molecule has 4 rings (SSSR count). The van der Waals surface area contributed by atoms with Crippen molar-refractivity contribution in [3.05, 3.63) is 76.8 Å². The van der Waals surface area contributed by atoms with Crippen LogP contribution in [0.15, 0.2) is 65.7 Å². The lowest BCUT2D eigenvalue weighted by Gasteiger charge is -2.32. The van der Waals surface area contributed by atoms with Crippen molar-refractivity contribution < 1.29 is 4.79 Å². The first-order valence-electron chi connectivity index (χ1n) is 11.1. The number of pyridine rings is 1. The summed E-state index contributed by atoms with van der Waals surface area (Å²) in [6.45, 7) is 4.17. The number of hydrogen-bond acceptors (Lipinski definition) is 5. The van der Waals surface area contributed by atoms with E-state index in [4.69, 9.17) is 4.98 Å². The van der Waals surface area contributed by atoms with Gasteiger partial charge in [-0.3, -0.25) is 19.1 Å². The van der Waals surface area contributed by atoms with Crippen molar-refractivity contribution in [2.75, 3.05) is 24.5 Å². The molecule has 0 radical (unpaired) electrons. The standard InChI is InChI=1S/C25H29N5O2/c1-3-29(25-27-22(17-23(31)28(25)2)20-11-13-26-14-12-20)18-21-10-7-15-30(21)24(32)16-19-8-5-4-6-9-19/h4-6,8-9,11-14,17,21H,3,7,10,15-16,18H2,1-2H3/t21-/m1/s1. The molecule has 0 N–H and O–H groups in total. The third kappa shape index (κ3) is 4.72. The topological polar surface area (TPSA) is 71.3 Å². The number of benzene rings is 1. The number of amides is 1. The molecular weight excluding hydrogens is 402 g/mol. The largest absolute Gasteiger partial charge is 0.340 e. The van der Waals surface area contributed by atoms with Crippen LogP contribution >= 0.6 is 0 Å². The fourth-order valence-corrected chi connectivity index (χ4v) is 4.31. The van der Waals surface area contributed by atoms with Gasteiger partial charge in [-0.15, -0.1) is 0 Å². The number of carbonyl (C=O) groups excluding carboxylic acids is 1. The number of likely N-dealkylation sites (N-methyl/N-ethyl adjacent to an activating group) is 1. The Labute approximate surface area is 188 Å². The van der Waals surface area contributed by atoms with E-state index >= 15 is 0 Å². The van der Waals surface area contributed by atoms with E-state index in [9.17, 15) is 9.59 Å². The maximum atomic E-state index is 13.0. The maximum absolute atomic E-state index is 13.0. The predicted octanol–water partition coefficient (Wildman–Crippen LogP) is 2.90. The summed E-state index contributed by atoms with van der Waals surface area (Å²) in [5.41, 5.74) is 2.41. The molecule has 3 heterocycles. The molecule has 7 heteroatoms. The van der Waals surface area contributed by atoms with Crippen LogP contribution < -0.4 is 10.5 Å². The average molecular weight is 432 g/mol. The third-order valence-electron chi connectivity index (χ3n) is 6.08. The molecule has 32 heavy (non-hydrogen) atoms. The first-order chi connectivity index (χ1) is 15.6. The highest BCUT2D eigenvalue weighted by atomic mass is 16.2. The molecule has 1 aliphatic heterocycles. The van der Waals surface area contributed by atoms with Gasteiger partial charge in [-0.2, -0.15) is 0 Å². The number of nitrogens with zero attached hydrogens (tertiary/aromatic N) is 5. The average Bonchev–Trinajstić information content (AvgIpc) is 3.29. The monoisotopic (exact) mass is 431 g/mol. The summed E-state index contributed by atoms with van der Waals surface area (Å²) >= 11 is 0. The number of rotatable bonds is 7. The van der Waals surface area contributed by atoms with Gasteiger partial charge in [0.2, 0.25) is 11.9 Å². The fraction of sp³-hybridized carbons (Fsp3) is 0.360. The summed E-state index contributed by atoms with van der Waals surface area (Å²) < 4.78 is 1.58. The van der Waals surface area contributed by atoms with E-state index in [2.05, 4.69) is 16.8 Å². The van der Waals surface area contributed by atoms with Crippen LogP contribution in [0.25, 0.3) is 11.3 Å². The summed E-state index contributed by atoms with van der Waals surface area (Å²) in [4.78, 5) is 38.7. The van der Waals surface area contributed by atoms with E-state index in [1.807, 2.05) is 47.4 Å². The molecule has 0 spiro atoms. The molecule has 0 saturated carbocycles. The van der Waals surface area contributed by atoms with Crippen LogP contribution in [-0.4, -0.2) is 51.0 Å². The van der Waals surface area contributed by atoms with Crippen LogP contribution in [0.1, 0.15) is 25.3 Å². The van der Waals surface area contributed by atoms with Crippen molar-refractivity contribution in [2.24, 2.45) is 7.05 Å². The molecule has 1 saturated heterocycles. The van der Waals surface area contributed by atoms with Crippen molar-refractivity contribution in [3.63, 3.8) is 0 Å². The van der Waals surface area contributed by atoms with E-state index in [-0.39, 0.29) is 17.5 Å². The Morgan fingerprint density at radius 1 is 1.16 bits per heavy atom. The van der Waals surface area contributed by atoms with Crippen molar-refractivity contribution in [1.29, 1.82) is 0 Å². The Morgan fingerprint density at radius 2 is 1.91 bits per heavy atom. The SMILES string of the molecule is CCN(C[C@H]1CCCN1C(=O)Cc1ccccc1)c1nc(-c2ccncc2)cc(=O)n1C. The highest BCUT2D eigenvalue weighted by Crippen LogP contribution is 2.23. The summed E-state index contributed by atoms with van der Waals surface area (Å²) in [5, 5.41) is 0. The van der Waals surface area contributed by atoms with Gasteiger partial charge in [-0.25, -0.2) is 4.98 Å². The van der Waals surface area contributed by atoms with Gasteiger partial charge in [-0.1, -0.05) is 30.3 Å². The molecule has 0 aliphatic carbocycles. The summed E-state index contributed by atoms with van der Waals surface area (Å²) in [5.74, 6) is 0.774. The van der Waals surface area contributed by atoms with Crippen LogP contribution in [0.4, 0.5) is 5.95 Å². The van der Waals surface area contributed by atoms with Gasteiger partial charge >= 0.3 is 0 Å². The van der Waals surface area contributed by atoms with E-state index in [1.54, 1.807) is 30.1 Å². The molecule has 1 amide bonds. The zero-order valence-electron chi connectivity index (χ0n) is 18.6. The van der Waals surface area contributed by atoms with Crippen molar-refractivity contribution in [2.45, 2.75) is 32.2 Å². The van der Waals surface area contributed by atoms with Gasteiger partial charge in [0.1, 0.15) is 0 Å². The smallest absolute Gasteiger partial charge is 0.255 e. The first kappa shape index (κ1) is 21.7. The third-order valence-corrected chi connectivity index (χ3v) is 6.08. The molecule has 7 nitrogen and oxygen atoms in total. The molecule has 0 bridgehead atoms. The van der Waals surface area contributed by atoms with Crippen LogP contribution in [0.5, 0.6) is 0 Å². The highest BCUT2D eigenvalue weighted by molar-refractivity contribution is 5.79. The Bertz CT molecular complexity index is 1110. The van der Waals surface area contributed by atoms with Crippen molar-refractivity contribution in [1.82, 2.24) is 19.4 Å². The molecule has 166 valence electrons. The number of anilines is 1. The summed E-state index contributed by atoms with van der Waals surface area (Å²) in [7, 11) is 1.75. The lowest BCUT2D eigenvalue weighted by molar-refractivity contribution is -0.131. The summed E-state index contributed by atoms with van der Waals surface area (Å²) in [6.07, 6.45) is 5.75. The van der Waals surface area contributed by atoms with Crippen LogP contribution in [0.3, 0.4) is 0 Å². The van der Waals surface area contributed by atoms with Gasteiger partial charge in [0, 0.05) is 56.7 Å². The summed E-state index contributed by atoms with van der Waals surface area (Å²) in [6, 6.07) is 15.2. The Balaban J connectivity index is 1.56. The second-order valence-electron chi connectivity index (χ2n) is 8.16. The van der Waals surface area contributed by atoms with E-state index < -0.39 is 0 Å². The predicted molar refractivity (Wildman–Crippen MR) is 125 cm³/mol. The minimum atomic E-state index is -0.108. The van der Waals surface area contributed by atoms with Crippen LogP contribution in [-0.2, 0) is 18.3 Å². The number of hydrogen-bond donors (Lipinski definition) is 0. The normalized spacial score (nSPS) is 15.7. The number of aromatic nitrogens is 3. The second-order valence-corrected chi connectivity index (χ2v) is 8.16. The minimum Gasteiger partial charge on any atom is -0.340 e. The maximum Gasteiger partial charge on any atom is 0.255 e. The lowest BCUT2D eigenvalue weighted by Crippen LogP contribution is -2.45. The molecule has 1 fully saturated rings. The molecule has 0 unspecified atom stereocenters. The van der Waals surface area contributed by atoms with E-state index in [0.29, 0.717) is 31.2 Å². The molecule has 1 atom stereocenters. The number of carbonyl (C=O) groups is 1. The Morgan fingerprint density at radius 3 is 2.62 bits per heavy atom. The van der Waals surface area contributed by atoms with Gasteiger partial charge < -0.3 is 9.80 Å². The van der Waals surface area contributed by atoms with Gasteiger partial charge in [-0.05, 0) is 37.5 Å².